The molecule has 16 heavy (non-hydrogen) atoms. The zero-order valence-corrected chi connectivity index (χ0v) is 10.2. The number of aliphatic hydroxyl groups is 1. The summed E-state index contributed by atoms with van der Waals surface area (Å²) in [4.78, 5) is 11.3. The Morgan fingerprint density at radius 2 is 2.12 bits per heavy atom. The van der Waals surface area contributed by atoms with Gasteiger partial charge in [0.2, 0.25) is 5.91 Å². The summed E-state index contributed by atoms with van der Waals surface area (Å²) in [6.45, 7) is 3.89. The quantitative estimate of drug-likeness (QED) is 0.625. The molecule has 0 aromatic rings. The van der Waals surface area contributed by atoms with Crippen LogP contribution in [0.2, 0.25) is 0 Å². The van der Waals surface area contributed by atoms with Crippen LogP contribution in [0.3, 0.4) is 0 Å². The zero-order valence-electron chi connectivity index (χ0n) is 10.2. The van der Waals surface area contributed by atoms with Crippen molar-refractivity contribution in [3.05, 3.63) is 0 Å². The minimum absolute atomic E-state index is 0.0483. The third-order valence-corrected chi connectivity index (χ3v) is 3.13. The van der Waals surface area contributed by atoms with Crippen molar-refractivity contribution in [3.8, 4) is 0 Å². The molecule has 0 spiro atoms. The second-order valence-electron chi connectivity index (χ2n) is 4.59. The Morgan fingerprint density at radius 1 is 1.38 bits per heavy atom. The second kappa shape index (κ2) is 7.63. The maximum atomic E-state index is 11.3. The fourth-order valence-electron chi connectivity index (χ4n) is 2.12. The fraction of sp³-hybridized carbons (Fsp3) is 0.917. The molecule has 3 N–H and O–H groups in total. The summed E-state index contributed by atoms with van der Waals surface area (Å²) in [7, 11) is 0. The van der Waals surface area contributed by atoms with Crippen LogP contribution in [0.1, 0.15) is 39.0 Å². The summed E-state index contributed by atoms with van der Waals surface area (Å²) in [5, 5.41) is 15.7. The molecule has 2 unspecified atom stereocenters. The van der Waals surface area contributed by atoms with E-state index in [1.807, 2.05) is 6.92 Å². The lowest BCUT2D eigenvalue weighted by molar-refractivity contribution is -0.120. The summed E-state index contributed by atoms with van der Waals surface area (Å²) in [6, 6.07) is 0. The molecule has 1 aliphatic carbocycles. The van der Waals surface area contributed by atoms with Crippen molar-refractivity contribution in [3.63, 3.8) is 0 Å². The maximum Gasteiger partial charge on any atom is 0.233 e. The molecule has 0 saturated heterocycles. The van der Waals surface area contributed by atoms with Gasteiger partial charge in [0.1, 0.15) is 0 Å². The molecule has 1 saturated carbocycles. The highest BCUT2D eigenvalue weighted by molar-refractivity contribution is 5.77. The molecule has 4 heteroatoms. The average Bonchev–Trinajstić information content (AvgIpc) is 2.29. The molecule has 0 aromatic carbocycles. The fourth-order valence-corrected chi connectivity index (χ4v) is 2.12. The lowest BCUT2D eigenvalue weighted by Crippen LogP contribution is -2.39. The zero-order chi connectivity index (χ0) is 11.8. The summed E-state index contributed by atoms with van der Waals surface area (Å²) in [6.07, 6.45) is 5.10. The summed E-state index contributed by atoms with van der Waals surface area (Å²) in [5.74, 6) is 0.375. The van der Waals surface area contributed by atoms with Gasteiger partial charge in [0.15, 0.2) is 0 Å². The van der Waals surface area contributed by atoms with E-state index < -0.39 is 0 Å². The lowest BCUT2D eigenvalue weighted by Gasteiger charge is -2.27. The third-order valence-electron chi connectivity index (χ3n) is 3.13. The largest absolute Gasteiger partial charge is 0.393 e. The van der Waals surface area contributed by atoms with Crippen molar-refractivity contribution in [2.75, 3.05) is 19.6 Å². The Balaban J connectivity index is 2.07. The minimum atomic E-state index is -0.181. The van der Waals surface area contributed by atoms with E-state index in [9.17, 15) is 9.90 Å². The number of carbonyl (C=O) groups is 1. The van der Waals surface area contributed by atoms with Gasteiger partial charge in [0.25, 0.3) is 0 Å². The highest BCUT2D eigenvalue weighted by Gasteiger charge is 2.22. The van der Waals surface area contributed by atoms with Crippen molar-refractivity contribution in [2.24, 2.45) is 5.92 Å². The SMILES string of the molecule is CCCNC(=O)CNCC1CCCCC1O. The average molecular weight is 228 g/mol. The van der Waals surface area contributed by atoms with Crippen molar-refractivity contribution in [1.29, 1.82) is 0 Å². The first-order valence-corrected chi connectivity index (χ1v) is 6.39. The number of hydrogen-bond donors (Lipinski definition) is 3. The molecule has 0 aliphatic heterocycles. The predicted molar refractivity (Wildman–Crippen MR) is 64.1 cm³/mol. The standard InChI is InChI=1S/C12H24N2O2/c1-2-7-14-12(16)9-13-8-10-5-3-4-6-11(10)15/h10-11,13,15H,2-9H2,1H3,(H,14,16). The van der Waals surface area contributed by atoms with Crippen LogP contribution in [0.25, 0.3) is 0 Å². The first-order valence-electron chi connectivity index (χ1n) is 6.39. The van der Waals surface area contributed by atoms with Crippen molar-refractivity contribution < 1.29 is 9.90 Å². The van der Waals surface area contributed by atoms with Crippen LogP contribution in [-0.2, 0) is 4.79 Å². The molecule has 0 radical (unpaired) electrons. The van der Waals surface area contributed by atoms with E-state index >= 15 is 0 Å². The molecule has 2 atom stereocenters. The number of nitrogens with one attached hydrogen (secondary N) is 2. The van der Waals surface area contributed by atoms with E-state index in [0.29, 0.717) is 12.5 Å². The molecule has 1 aliphatic rings. The van der Waals surface area contributed by atoms with Crippen LogP contribution in [0.15, 0.2) is 0 Å². The summed E-state index contributed by atoms with van der Waals surface area (Å²) < 4.78 is 0. The van der Waals surface area contributed by atoms with E-state index in [4.69, 9.17) is 0 Å². The van der Waals surface area contributed by atoms with Gasteiger partial charge < -0.3 is 15.7 Å². The molecule has 4 nitrogen and oxygen atoms in total. The van der Waals surface area contributed by atoms with Crippen LogP contribution in [0, 0.1) is 5.92 Å². The molecule has 1 fully saturated rings. The number of hydrogen-bond acceptors (Lipinski definition) is 3. The predicted octanol–water partition coefficient (Wildman–Crippen LogP) is 0.653. The first kappa shape index (κ1) is 13.5. The van der Waals surface area contributed by atoms with Crippen molar-refractivity contribution in [1.82, 2.24) is 10.6 Å². The van der Waals surface area contributed by atoms with Crippen LogP contribution in [0.5, 0.6) is 0 Å². The molecule has 1 rings (SSSR count). The smallest absolute Gasteiger partial charge is 0.233 e. The molecule has 1 amide bonds. The monoisotopic (exact) mass is 228 g/mol. The van der Waals surface area contributed by atoms with Gasteiger partial charge in [-0.1, -0.05) is 19.8 Å². The summed E-state index contributed by atoms with van der Waals surface area (Å²) in [5.41, 5.74) is 0. The Hall–Kier alpha value is -0.610. The van der Waals surface area contributed by atoms with Gasteiger partial charge in [-0.25, -0.2) is 0 Å². The van der Waals surface area contributed by atoms with E-state index in [2.05, 4.69) is 10.6 Å². The number of carbonyl (C=O) groups excluding carboxylic acids is 1. The van der Waals surface area contributed by atoms with Crippen LogP contribution >= 0.6 is 0 Å². The van der Waals surface area contributed by atoms with Gasteiger partial charge in [-0.2, -0.15) is 0 Å². The van der Waals surface area contributed by atoms with Crippen LogP contribution < -0.4 is 10.6 Å². The first-order chi connectivity index (χ1) is 7.74. The highest BCUT2D eigenvalue weighted by Crippen LogP contribution is 2.23. The van der Waals surface area contributed by atoms with E-state index in [1.54, 1.807) is 0 Å². The minimum Gasteiger partial charge on any atom is -0.393 e. The van der Waals surface area contributed by atoms with Crippen LogP contribution in [0.4, 0.5) is 0 Å². The number of rotatable bonds is 6. The van der Waals surface area contributed by atoms with E-state index in [0.717, 1.165) is 38.8 Å². The molecular weight excluding hydrogens is 204 g/mol. The highest BCUT2D eigenvalue weighted by atomic mass is 16.3. The molecule has 0 bridgehead atoms. The maximum absolute atomic E-state index is 11.3. The molecule has 0 aromatic heterocycles. The normalized spacial score (nSPS) is 25.4. The van der Waals surface area contributed by atoms with Crippen molar-refractivity contribution >= 4 is 5.91 Å². The van der Waals surface area contributed by atoms with Gasteiger partial charge in [0, 0.05) is 13.1 Å². The Kier molecular flexibility index (Phi) is 6.42. The summed E-state index contributed by atoms with van der Waals surface area (Å²) >= 11 is 0. The molecular formula is C12H24N2O2. The van der Waals surface area contributed by atoms with Gasteiger partial charge in [0.05, 0.1) is 12.6 Å². The van der Waals surface area contributed by atoms with Gasteiger partial charge in [-0.15, -0.1) is 0 Å². The van der Waals surface area contributed by atoms with E-state index in [1.165, 1.54) is 6.42 Å². The topological polar surface area (TPSA) is 61.4 Å². The third kappa shape index (κ3) is 4.94. The Labute approximate surface area is 97.8 Å². The molecule has 0 heterocycles. The van der Waals surface area contributed by atoms with E-state index in [-0.39, 0.29) is 12.0 Å². The lowest BCUT2D eigenvalue weighted by atomic mass is 9.86. The second-order valence-corrected chi connectivity index (χ2v) is 4.59. The van der Waals surface area contributed by atoms with Gasteiger partial charge >= 0.3 is 0 Å². The Bertz CT molecular complexity index is 209. The van der Waals surface area contributed by atoms with Gasteiger partial charge in [-0.3, -0.25) is 4.79 Å². The van der Waals surface area contributed by atoms with Crippen molar-refractivity contribution in [2.45, 2.75) is 45.1 Å². The van der Waals surface area contributed by atoms with Crippen LogP contribution in [-0.4, -0.2) is 36.8 Å². The Morgan fingerprint density at radius 3 is 2.81 bits per heavy atom. The number of aliphatic hydroxyl groups excluding tert-OH is 1. The van der Waals surface area contributed by atoms with Gasteiger partial charge in [-0.05, 0) is 25.2 Å². The molecule has 94 valence electrons. The number of amides is 1.